The largest absolute Gasteiger partial charge is 0.352 e. The molecule has 2 atom stereocenters. The number of hydrogen-bond acceptors (Lipinski definition) is 2. The van der Waals surface area contributed by atoms with Crippen LogP contribution in [0, 0.1) is 5.92 Å². The average Bonchev–Trinajstić information content (AvgIpc) is 2.46. The number of rotatable bonds is 5. The topological polar surface area (TPSA) is 41.1 Å². The maximum Gasteiger partial charge on any atom is 0.220 e. The van der Waals surface area contributed by atoms with E-state index in [4.69, 9.17) is 0 Å². The van der Waals surface area contributed by atoms with Crippen LogP contribution in [-0.2, 0) is 4.79 Å². The van der Waals surface area contributed by atoms with Crippen molar-refractivity contribution in [2.75, 3.05) is 13.1 Å². The molecule has 0 aromatic heterocycles. The summed E-state index contributed by atoms with van der Waals surface area (Å²) in [7, 11) is 0. The number of carbonyl (C=O) groups is 1. The maximum atomic E-state index is 12.3. The van der Waals surface area contributed by atoms with Gasteiger partial charge in [-0.1, -0.05) is 44.2 Å². The van der Waals surface area contributed by atoms with Crippen molar-refractivity contribution in [2.45, 2.75) is 45.1 Å². The van der Waals surface area contributed by atoms with Crippen LogP contribution in [0.5, 0.6) is 0 Å². The molecule has 2 unspecified atom stereocenters. The lowest BCUT2D eigenvalue weighted by atomic mass is 9.85. The molecular weight excluding hydrogens is 284 g/mol. The van der Waals surface area contributed by atoms with Gasteiger partial charge in [-0.2, -0.15) is 0 Å². The van der Waals surface area contributed by atoms with Gasteiger partial charge in [-0.3, -0.25) is 4.79 Å². The minimum atomic E-state index is 0. The zero-order valence-electron chi connectivity index (χ0n) is 13.0. The van der Waals surface area contributed by atoms with Crippen LogP contribution in [0.25, 0.3) is 0 Å². The van der Waals surface area contributed by atoms with Gasteiger partial charge in [0.25, 0.3) is 0 Å². The quantitative estimate of drug-likeness (QED) is 0.877. The van der Waals surface area contributed by atoms with E-state index >= 15 is 0 Å². The second kappa shape index (κ2) is 9.06. The van der Waals surface area contributed by atoms with Crippen LogP contribution in [0.2, 0.25) is 0 Å². The van der Waals surface area contributed by atoms with Gasteiger partial charge >= 0.3 is 0 Å². The number of piperidine rings is 1. The standard InChI is InChI=1S/C17H26N2O.ClH/c1-13(2)16(14-7-4-3-5-8-14)11-17(20)19-15-9-6-10-18-12-15;/h3-5,7-8,13,15-16,18H,6,9-12H2,1-2H3,(H,19,20);1H. The highest BCUT2D eigenvalue weighted by molar-refractivity contribution is 5.85. The summed E-state index contributed by atoms with van der Waals surface area (Å²) in [6.45, 7) is 6.36. The van der Waals surface area contributed by atoms with E-state index < -0.39 is 0 Å². The third-order valence-corrected chi connectivity index (χ3v) is 4.10. The van der Waals surface area contributed by atoms with Gasteiger partial charge < -0.3 is 10.6 Å². The van der Waals surface area contributed by atoms with Gasteiger partial charge in [-0.25, -0.2) is 0 Å². The first-order valence-electron chi connectivity index (χ1n) is 7.72. The molecule has 1 saturated heterocycles. The van der Waals surface area contributed by atoms with Gasteiger partial charge in [0.2, 0.25) is 5.91 Å². The Hall–Kier alpha value is -1.06. The predicted molar refractivity (Wildman–Crippen MR) is 89.9 cm³/mol. The fourth-order valence-electron chi connectivity index (χ4n) is 2.90. The molecule has 118 valence electrons. The summed E-state index contributed by atoms with van der Waals surface area (Å²) >= 11 is 0. The minimum absolute atomic E-state index is 0. The number of carbonyl (C=O) groups excluding carboxylic acids is 1. The molecular formula is C17H27ClN2O. The van der Waals surface area contributed by atoms with E-state index in [1.54, 1.807) is 0 Å². The fraction of sp³-hybridized carbons (Fsp3) is 0.588. The van der Waals surface area contributed by atoms with Crippen molar-refractivity contribution in [2.24, 2.45) is 5.92 Å². The Bertz CT molecular complexity index is 416. The number of hydrogen-bond donors (Lipinski definition) is 2. The van der Waals surface area contributed by atoms with E-state index in [1.165, 1.54) is 5.56 Å². The Morgan fingerprint density at radius 2 is 2.05 bits per heavy atom. The van der Waals surface area contributed by atoms with Crippen molar-refractivity contribution in [3.63, 3.8) is 0 Å². The highest BCUT2D eigenvalue weighted by Crippen LogP contribution is 2.27. The van der Waals surface area contributed by atoms with Crippen molar-refractivity contribution < 1.29 is 4.79 Å². The third kappa shape index (κ3) is 5.68. The molecule has 4 heteroatoms. The number of amides is 1. The Morgan fingerprint density at radius 3 is 2.62 bits per heavy atom. The molecule has 1 aromatic carbocycles. The van der Waals surface area contributed by atoms with Gasteiger partial charge in [-0.05, 0) is 36.8 Å². The Labute approximate surface area is 134 Å². The normalized spacial score (nSPS) is 19.7. The molecule has 0 spiro atoms. The van der Waals surface area contributed by atoms with Gasteiger partial charge in [0.1, 0.15) is 0 Å². The zero-order chi connectivity index (χ0) is 14.4. The molecule has 1 aromatic rings. The van der Waals surface area contributed by atoms with Crippen molar-refractivity contribution >= 4 is 18.3 Å². The third-order valence-electron chi connectivity index (χ3n) is 4.10. The highest BCUT2D eigenvalue weighted by Gasteiger charge is 2.21. The molecule has 0 radical (unpaired) electrons. The van der Waals surface area contributed by atoms with Crippen LogP contribution in [0.1, 0.15) is 44.6 Å². The summed E-state index contributed by atoms with van der Waals surface area (Å²) in [4.78, 5) is 12.3. The van der Waals surface area contributed by atoms with Gasteiger partial charge in [0, 0.05) is 19.0 Å². The predicted octanol–water partition coefficient (Wildman–Crippen LogP) is 3.11. The second-order valence-electron chi connectivity index (χ2n) is 6.08. The zero-order valence-corrected chi connectivity index (χ0v) is 13.8. The first-order valence-corrected chi connectivity index (χ1v) is 7.72. The summed E-state index contributed by atoms with van der Waals surface area (Å²) in [6, 6.07) is 10.7. The summed E-state index contributed by atoms with van der Waals surface area (Å²) in [6.07, 6.45) is 2.83. The Balaban J connectivity index is 0.00000220. The van der Waals surface area contributed by atoms with Crippen LogP contribution < -0.4 is 10.6 Å². The van der Waals surface area contributed by atoms with E-state index in [1.807, 2.05) is 18.2 Å². The van der Waals surface area contributed by atoms with Gasteiger partial charge in [0.15, 0.2) is 0 Å². The summed E-state index contributed by atoms with van der Waals surface area (Å²) < 4.78 is 0. The molecule has 1 heterocycles. The molecule has 3 nitrogen and oxygen atoms in total. The molecule has 1 aliphatic heterocycles. The molecule has 0 aliphatic carbocycles. The highest BCUT2D eigenvalue weighted by atomic mass is 35.5. The van der Waals surface area contributed by atoms with Crippen LogP contribution in [-0.4, -0.2) is 25.0 Å². The van der Waals surface area contributed by atoms with E-state index in [0.29, 0.717) is 24.3 Å². The lowest BCUT2D eigenvalue weighted by Crippen LogP contribution is -2.46. The molecule has 2 rings (SSSR count). The van der Waals surface area contributed by atoms with Crippen LogP contribution in [0.15, 0.2) is 30.3 Å². The molecule has 21 heavy (non-hydrogen) atoms. The molecule has 0 bridgehead atoms. The van der Waals surface area contributed by atoms with Gasteiger partial charge in [-0.15, -0.1) is 12.4 Å². The second-order valence-corrected chi connectivity index (χ2v) is 6.08. The number of benzene rings is 1. The van der Waals surface area contributed by atoms with Crippen molar-refractivity contribution in [1.82, 2.24) is 10.6 Å². The van der Waals surface area contributed by atoms with E-state index in [-0.39, 0.29) is 18.3 Å². The first-order chi connectivity index (χ1) is 9.66. The lowest BCUT2D eigenvalue weighted by Gasteiger charge is -2.26. The van der Waals surface area contributed by atoms with Crippen LogP contribution >= 0.6 is 12.4 Å². The monoisotopic (exact) mass is 310 g/mol. The fourth-order valence-corrected chi connectivity index (χ4v) is 2.90. The van der Waals surface area contributed by atoms with Crippen molar-refractivity contribution in [3.05, 3.63) is 35.9 Å². The minimum Gasteiger partial charge on any atom is -0.352 e. The number of nitrogens with one attached hydrogen (secondary N) is 2. The smallest absolute Gasteiger partial charge is 0.220 e. The first kappa shape index (κ1) is 18.0. The SMILES string of the molecule is CC(C)C(CC(=O)NC1CCCNC1)c1ccccc1.Cl. The van der Waals surface area contributed by atoms with Crippen LogP contribution in [0.3, 0.4) is 0 Å². The Kier molecular flexibility index (Phi) is 7.76. The van der Waals surface area contributed by atoms with E-state index in [9.17, 15) is 4.79 Å². The van der Waals surface area contributed by atoms with Crippen molar-refractivity contribution in [1.29, 1.82) is 0 Å². The molecule has 1 aliphatic rings. The van der Waals surface area contributed by atoms with Crippen LogP contribution in [0.4, 0.5) is 0 Å². The van der Waals surface area contributed by atoms with Gasteiger partial charge in [0.05, 0.1) is 0 Å². The molecule has 0 saturated carbocycles. The average molecular weight is 311 g/mol. The summed E-state index contributed by atoms with van der Waals surface area (Å²) in [5, 5.41) is 6.51. The summed E-state index contributed by atoms with van der Waals surface area (Å²) in [5.41, 5.74) is 1.26. The molecule has 2 N–H and O–H groups in total. The van der Waals surface area contributed by atoms with E-state index in [0.717, 1.165) is 25.9 Å². The number of halogens is 1. The summed E-state index contributed by atoms with van der Waals surface area (Å²) in [5.74, 6) is 0.946. The molecule has 1 amide bonds. The lowest BCUT2D eigenvalue weighted by molar-refractivity contribution is -0.122. The van der Waals surface area contributed by atoms with E-state index in [2.05, 4.69) is 36.6 Å². The van der Waals surface area contributed by atoms with Crippen molar-refractivity contribution in [3.8, 4) is 0 Å². The maximum absolute atomic E-state index is 12.3. The molecule has 1 fully saturated rings. The Morgan fingerprint density at radius 1 is 1.33 bits per heavy atom.